The molecule has 0 aliphatic heterocycles. The van der Waals surface area contributed by atoms with Crippen LogP contribution in [0.15, 0.2) is 65.8 Å². The van der Waals surface area contributed by atoms with Crippen LogP contribution in [0.5, 0.6) is 0 Å². The van der Waals surface area contributed by atoms with E-state index in [9.17, 15) is 14.7 Å². The molecule has 1 atom stereocenters. The normalized spacial score (nSPS) is 22.3. The van der Waals surface area contributed by atoms with Crippen LogP contribution >= 0.6 is 0 Å². The Morgan fingerprint density at radius 2 is 1.86 bits per heavy atom. The predicted molar refractivity (Wildman–Crippen MR) is 107 cm³/mol. The van der Waals surface area contributed by atoms with Crippen LogP contribution in [0.4, 0.5) is 0 Å². The van der Waals surface area contributed by atoms with Crippen molar-refractivity contribution in [1.82, 2.24) is 0 Å². The van der Waals surface area contributed by atoms with Crippen molar-refractivity contribution in [3.8, 4) is 6.07 Å². The van der Waals surface area contributed by atoms with E-state index in [1.165, 1.54) is 6.08 Å². The lowest BCUT2D eigenvalue weighted by Gasteiger charge is -2.44. The molecule has 0 amide bonds. The summed E-state index contributed by atoms with van der Waals surface area (Å²) in [4.78, 5) is 23.0. The fourth-order valence-electron chi connectivity index (χ4n) is 3.14. The van der Waals surface area contributed by atoms with Crippen molar-refractivity contribution >= 4 is 17.8 Å². The van der Waals surface area contributed by atoms with Crippen molar-refractivity contribution in [2.24, 2.45) is 5.41 Å². The number of nitriles is 1. The van der Waals surface area contributed by atoms with E-state index < -0.39 is 17.0 Å². The third-order valence-electron chi connectivity index (χ3n) is 4.84. The molecule has 0 saturated carbocycles. The summed E-state index contributed by atoms with van der Waals surface area (Å²) in [7, 11) is 0. The number of carboxylic acid groups (broad SMARTS) is 1. The monoisotopic (exact) mass is 377 g/mol. The van der Waals surface area contributed by atoms with Gasteiger partial charge in [-0.25, -0.2) is 4.79 Å². The molecular weight excluding hydrogens is 354 g/mol. The van der Waals surface area contributed by atoms with E-state index in [1.807, 2.05) is 0 Å². The van der Waals surface area contributed by atoms with E-state index in [-0.39, 0.29) is 12.2 Å². The van der Waals surface area contributed by atoms with Crippen LogP contribution in [0, 0.1) is 16.7 Å². The third-order valence-corrected chi connectivity index (χ3v) is 4.84. The van der Waals surface area contributed by atoms with Gasteiger partial charge in [-0.2, -0.15) is 5.26 Å². The number of nitrogens with zero attached hydrogens (tertiary/aromatic N) is 1. The summed E-state index contributed by atoms with van der Waals surface area (Å²) >= 11 is 0. The zero-order valence-electron chi connectivity index (χ0n) is 16.1. The Balaban J connectivity index is 2.43. The quantitative estimate of drug-likeness (QED) is 0.600. The predicted octanol–water partition coefficient (Wildman–Crippen LogP) is 3.82. The van der Waals surface area contributed by atoms with Crippen LogP contribution in [0.3, 0.4) is 0 Å². The number of carbonyl (C=O) groups excluding carboxylic acids is 1. The third kappa shape index (κ3) is 4.73. The largest absolute Gasteiger partial charge is 0.478 e. The highest BCUT2D eigenvalue weighted by Gasteiger charge is 2.47. The Labute approximate surface area is 164 Å². The zero-order chi connectivity index (χ0) is 20.9. The molecule has 1 aromatic rings. The van der Waals surface area contributed by atoms with Crippen LogP contribution in [0.2, 0.25) is 0 Å². The average molecular weight is 377 g/mol. The van der Waals surface area contributed by atoms with Gasteiger partial charge in [-0.1, -0.05) is 44.2 Å². The fourth-order valence-corrected chi connectivity index (χ4v) is 3.14. The van der Waals surface area contributed by atoms with Crippen LogP contribution in [0.25, 0.3) is 6.08 Å². The molecule has 5 heteroatoms. The number of allylic oxidation sites excluding steroid dienone is 3. The molecule has 2 rings (SSSR count). The number of hydrogen-bond donors (Lipinski definition) is 2. The Morgan fingerprint density at radius 1 is 1.21 bits per heavy atom. The Bertz CT molecular complexity index is 940. The molecule has 1 aromatic carbocycles. The first-order valence-electron chi connectivity index (χ1n) is 8.83. The van der Waals surface area contributed by atoms with Gasteiger partial charge in [0.05, 0.1) is 11.6 Å². The number of carboxylic acids is 1. The SMILES string of the molecule is CC(C=C[C@@]1(O)C(C=Cc2ccc(C#N)cc2)=CC(=O)CC1(C)C)=CC(=O)O. The Kier molecular flexibility index (Phi) is 6.17. The van der Waals surface area contributed by atoms with E-state index in [2.05, 4.69) is 6.07 Å². The van der Waals surface area contributed by atoms with Crippen LogP contribution < -0.4 is 0 Å². The lowest BCUT2D eigenvalue weighted by atomic mass is 9.64. The number of benzene rings is 1. The number of carbonyl (C=O) groups is 2. The second kappa shape index (κ2) is 8.20. The van der Waals surface area contributed by atoms with Gasteiger partial charge in [-0.15, -0.1) is 0 Å². The van der Waals surface area contributed by atoms with E-state index in [0.29, 0.717) is 16.7 Å². The van der Waals surface area contributed by atoms with E-state index >= 15 is 0 Å². The maximum Gasteiger partial charge on any atom is 0.328 e. The molecular formula is C23H23NO4. The van der Waals surface area contributed by atoms with Gasteiger partial charge in [-0.05, 0) is 47.9 Å². The average Bonchev–Trinajstić information content (AvgIpc) is 2.61. The van der Waals surface area contributed by atoms with Crippen molar-refractivity contribution in [1.29, 1.82) is 5.26 Å². The van der Waals surface area contributed by atoms with Gasteiger partial charge in [0.1, 0.15) is 5.60 Å². The molecule has 1 aliphatic rings. The molecule has 0 unspecified atom stereocenters. The fraction of sp³-hybridized carbons (Fsp3) is 0.261. The van der Waals surface area contributed by atoms with Crippen molar-refractivity contribution in [2.45, 2.75) is 32.8 Å². The summed E-state index contributed by atoms with van der Waals surface area (Å²) in [5.74, 6) is -1.15. The number of rotatable bonds is 5. The first-order valence-corrected chi connectivity index (χ1v) is 8.83. The molecule has 0 bridgehead atoms. The minimum Gasteiger partial charge on any atom is -0.478 e. The van der Waals surface area contributed by atoms with Gasteiger partial charge >= 0.3 is 5.97 Å². The number of hydrogen-bond acceptors (Lipinski definition) is 4. The van der Waals surface area contributed by atoms with Crippen molar-refractivity contribution < 1.29 is 19.8 Å². The standard InChI is InChI=1S/C23H23NO4/c1-16(12-21(26)27)10-11-23(28)19(13-20(25)14-22(23,2)3)9-8-17-4-6-18(15-24)7-5-17/h4-13,28H,14H2,1-3H3,(H,26,27)/t23-/m1/s1. The Morgan fingerprint density at radius 3 is 2.43 bits per heavy atom. The number of aliphatic carboxylic acids is 1. The summed E-state index contributed by atoms with van der Waals surface area (Å²) in [6.07, 6.45) is 9.19. The van der Waals surface area contributed by atoms with Gasteiger partial charge in [0, 0.05) is 17.9 Å². The molecule has 0 spiro atoms. The maximum atomic E-state index is 12.2. The van der Waals surface area contributed by atoms with E-state index in [0.717, 1.165) is 11.6 Å². The van der Waals surface area contributed by atoms with Gasteiger partial charge in [0.15, 0.2) is 5.78 Å². The molecule has 144 valence electrons. The second-order valence-corrected chi connectivity index (χ2v) is 7.52. The van der Waals surface area contributed by atoms with Gasteiger partial charge in [0.2, 0.25) is 0 Å². The molecule has 0 saturated heterocycles. The van der Waals surface area contributed by atoms with Gasteiger partial charge in [-0.3, -0.25) is 4.79 Å². The lowest BCUT2D eigenvalue weighted by molar-refractivity contribution is -0.131. The molecule has 28 heavy (non-hydrogen) atoms. The van der Waals surface area contributed by atoms with Crippen LogP contribution in [-0.4, -0.2) is 27.6 Å². The van der Waals surface area contributed by atoms with Gasteiger partial charge in [0.25, 0.3) is 0 Å². The summed E-state index contributed by atoms with van der Waals surface area (Å²) in [6.45, 7) is 5.23. The highest BCUT2D eigenvalue weighted by Crippen LogP contribution is 2.45. The van der Waals surface area contributed by atoms with Crippen LogP contribution in [-0.2, 0) is 9.59 Å². The minimum absolute atomic E-state index is 0.0830. The molecule has 1 aliphatic carbocycles. The number of ketones is 1. The second-order valence-electron chi connectivity index (χ2n) is 7.52. The molecule has 2 N–H and O–H groups in total. The molecule has 0 aromatic heterocycles. The molecule has 0 heterocycles. The summed E-state index contributed by atoms with van der Waals surface area (Å²) in [6, 6.07) is 8.99. The number of aliphatic hydroxyl groups is 1. The van der Waals surface area contributed by atoms with Crippen molar-refractivity contribution in [3.05, 3.63) is 76.9 Å². The highest BCUT2D eigenvalue weighted by molar-refractivity contribution is 5.94. The lowest BCUT2D eigenvalue weighted by Crippen LogP contribution is -2.48. The first kappa shape index (κ1) is 21.1. The zero-order valence-corrected chi connectivity index (χ0v) is 16.1. The molecule has 5 nitrogen and oxygen atoms in total. The minimum atomic E-state index is -1.45. The topological polar surface area (TPSA) is 98.4 Å². The Hall–Kier alpha value is -3.23. The van der Waals surface area contributed by atoms with Crippen molar-refractivity contribution in [3.63, 3.8) is 0 Å². The first-order chi connectivity index (χ1) is 13.1. The van der Waals surface area contributed by atoms with Gasteiger partial charge < -0.3 is 10.2 Å². The highest BCUT2D eigenvalue weighted by atomic mass is 16.4. The smallest absolute Gasteiger partial charge is 0.328 e. The van der Waals surface area contributed by atoms with Crippen LogP contribution in [0.1, 0.15) is 38.3 Å². The molecule has 0 fully saturated rings. The van der Waals surface area contributed by atoms with E-state index in [4.69, 9.17) is 10.4 Å². The van der Waals surface area contributed by atoms with Crippen molar-refractivity contribution in [2.75, 3.05) is 0 Å². The maximum absolute atomic E-state index is 12.2. The summed E-state index contributed by atoms with van der Waals surface area (Å²) < 4.78 is 0. The van der Waals surface area contributed by atoms with E-state index in [1.54, 1.807) is 69.3 Å². The molecule has 0 radical (unpaired) electrons. The summed E-state index contributed by atoms with van der Waals surface area (Å²) in [5, 5.41) is 29.2. The summed E-state index contributed by atoms with van der Waals surface area (Å²) in [5.41, 5.74) is 0.0526.